The average Bonchev–Trinajstić information content (AvgIpc) is 3.05. The van der Waals surface area contributed by atoms with Crippen molar-refractivity contribution in [3.63, 3.8) is 0 Å². The Morgan fingerprint density at radius 1 is 0.929 bits per heavy atom. The van der Waals surface area contributed by atoms with Crippen molar-refractivity contribution in [1.82, 2.24) is 4.57 Å². The minimum atomic E-state index is -0.661. The smallest absolute Gasteiger partial charge is 0.193 e. The van der Waals surface area contributed by atoms with Gasteiger partial charge >= 0.3 is 0 Å². The molecule has 0 spiro atoms. The summed E-state index contributed by atoms with van der Waals surface area (Å²) in [6, 6.07) is 21.6. The SMILES string of the molecule is CCn1c2ccccc2c2cc(C(=O)c3ccccc3C(O)C(C)C)ccc21. The lowest BCUT2D eigenvalue weighted by atomic mass is 9.90. The summed E-state index contributed by atoms with van der Waals surface area (Å²) in [7, 11) is 0. The maximum atomic E-state index is 13.3. The number of fused-ring (bicyclic) bond motifs is 3. The van der Waals surface area contributed by atoms with Gasteiger partial charge in [0, 0.05) is 39.5 Å². The predicted octanol–water partition coefficient (Wildman–Crippen LogP) is 5.73. The van der Waals surface area contributed by atoms with Gasteiger partial charge in [0.1, 0.15) is 0 Å². The van der Waals surface area contributed by atoms with E-state index in [2.05, 4.69) is 23.6 Å². The number of carbonyl (C=O) groups is 1. The van der Waals surface area contributed by atoms with E-state index in [0.29, 0.717) is 16.7 Å². The fraction of sp³-hybridized carbons (Fsp3) is 0.240. The monoisotopic (exact) mass is 371 g/mol. The molecule has 1 heterocycles. The Balaban J connectivity index is 1.87. The van der Waals surface area contributed by atoms with Gasteiger partial charge in [-0.05, 0) is 42.7 Å². The van der Waals surface area contributed by atoms with Crippen LogP contribution in [0.4, 0.5) is 0 Å². The van der Waals surface area contributed by atoms with E-state index in [1.54, 1.807) is 0 Å². The van der Waals surface area contributed by atoms with Gasteiger partial charge in [-0.1, -0.05) is 56.3 Å². The first-order chi connectivity index (χ1) is 13.5. The molecule has 0 saturated carbocycles. The Kier molecular flexibility index (Phi) is 4.78. The van der Waals surface area contributed by atoms with Crippen LogP contribution in [0.3, 0.4) is 0 Å². The number of aryl methyl sites for hydroxylation is 1. The molecule has 4 aromatic rings. The van der Waals surface area contributed by atoms with Crippen LogP contribution in [0, 0.1) is 5.92 Å². The zero-order chi connectivity index (χ0) is 19.8. The third-order valence-corrected chi connectivity index (χ3v) is 5.51. The van der Waals surface area contributed by atoms with Crippen LogP contribution in [-0.2, 0) is 6.54 Å². The molecule has 1 atom stereocenters. The zero-order valence-electron chi connectivity index (χ0n) is 16.5. The second-order valence-corrected chi connectivity index (χ2v) is 7.60. The molecule has 0 aliphatic heterocycles. The molecule has 0 radical (unpaired) electrons. The van der Waals surface area contributed by atoms with Gasteiger partial charge in [0.15, 0.2) is 5.78 Å². The third kappa shape index (κ3) is 2.92. The summed E-state index contributed by atoms with van der Waals surface area (Å²) in [5.74, 6) is -0.00973. The summed E-state index contributed by atoms with van der Waals surface area (Å²) in [4.78, 5) is 13.3. The van der Waals surface area contributed by atoms with Crippen LogP contribution >= 0.6 is 0 Å². The Morgan fingerprint density at radius 3 is 2.36 bits per heavy atom. The first kappa shape index (κ1) is 18.5. The molecule has 3 nitrogen and oxygen atoms in total. The van der Waals surface area contributed by atoms with Crippen LogP contribution < -0.4 is 0 Å². The lowest BCUT2D eigenvalue weighted by Crippen LogP contribution is -2.12. The van der Waals surface area contributed by atoms with E-state index in [9.17, 15) is 9.90 Å². The molecule has 3 heteroatoms. The molecule has 1 aromatic heterocycles. The first-order valence-electron chi connectivity index (χ1n) is 9.85. The van der Waals surface area contributed by atoms with E-state index in [1.807, 2.05) is 68.4 Å². The Morgan fingerprint density at radius 2 is 1.61 bits per heavy atom. The number of para-hydroxylation sites is 1. The van der Waals surface area contributed by atoms with Crippen molar-refractivity contribution in [2.45, 2.75) is 33.4 Å². The number of aliphatic hydroxyl groups is 1. The highest BCUT2D eigenvalue weighted by atomic mass is 16.3. The molecule has 0 bridgehead atoms. The summed E-state index contributed by atoms with van der Waals surface area (Å²) < 4.78 is 2.27. The molecular formula is C25H25NO2. The number of hydrogen-bond acceptors (Lipinski definition) is 2. The van der Waals surface area contributed by atoms with Crippen LogP contribution in [0.15, 0.2) is 66.7 Å². The summed E-state index contributed by atoms with van der Waals surface area (Å²) in [6.07, 6.45) is -0.661. The largest absolute Gasteiger partial charge is 0.388 e. The highest BCUT2D eigenvalue weighted by molar-refractivity contribution is 6.15. The van der Waals surface area contributed by atoms with Crippen molar-refractivity contribution < 1.29 is 9.90 Å². The molecule has 28 heavy (non-hydrogen) atoms. The highest BCUT2D eigenvalue weighted by Crippen LogP contribution is 2.31. The molecule has 142 valence electrons. The Bertz CT molecular complexity index is 1170. The van der Waals surface area contributed by atoms with Gasteiger partial charge in [0.25, 0.3) is 0 Å². The van der Waals surface area contributed by atoms with Crippen molar-refractivity contribution in [3.05, 3.63) is 83.4 Å². The van der Waals surface area contributed by atoms with Crippen LogP contribution in [0.1, 0.15) is 48.4 Å². The molecule has 4 rings (SSSR count). The fourth-order valence-electron chi connectivity index (χ4n) is 4.01. The molecule has 0 aliphatic carbocycles. The van der Waals surface area contributed by atoms with Gasteiger partial charge in [-0.25, -0.2) is 0 Å². The van der Waals surface area contributed by atoms with E-state index in [4.69, 9.17) is 0 Å². The number of carbonyl (C=O) groups excluding carboxylic acids is 1. The number of hydrogen-bond donors (Lipinski definition) is 1. The third-order valence-electron chi connectivity index (χ3n) is 5.51. The maximum Gasteiger partial charge on any atom is 0.193 e. The lowest BCUT2D eigenvalue weighted by Gasteiger charge is -2.18. The minimum Gasteiger partial charge on any atom is -0.388 e. The number of ketones is 1. The quantitative estimate of drug-likeness (QED) is 0.455. The van der Waals surface area contributed by atoms with Gasteiger partial charge in [-0.3, -0.25) is 4.79 Å². The fourth-order valence-corrected chi connectivity index (χ4v) is 4.01. The van der Waals surface area contributed by atoms with E-state index >= 15 is 0 Å². The molecule has 0 aliphatic rings. The molecule has 0 saturated heterocycles. The van der Waals surface area contributed by atoms with Crippen molar-refractivity contribution in [1.29, 1.82) is 0 Å². The number of aromatic nitrogens is 1. The number of aliphatic hydroxyl groups excluding tert-OH is 1. The second kappa shape index (κ2) is 7.25. The van der Waals surface area contributed by atoms with Crippen molar-refractivity contribution >= 4 is 27.6 Å². The molecule has 1 unspecified atom stereocenters. The van der Waals surface area contributed by atoms with E-state index in [1.165, 1.54) is 5.52 Å². The normalized spacial score (nSPS) is 12.8. The van der Waals surface area contributed by atoms with Crippen molar-refractivity contribution in [2.24, 2.45) is 5.92 Å². The number of rotatable bonds is 5. The van der Waals surface area contributed by atoms with Gasteiger partial charge in [0.05, 0.1) is 6.10 Å². The van der Waals surface area contributed by atoms with Crippen LogP contribution in [0.25, 0.3) is 21.8 Å². The van der Waals surface area contributed by atoms with Crippen LogP contribution in [0.5, 0.6) is 0 Å². The molecule has 3 aromatic carbocycles. The highest BCUT2D eigenvalue weighted by Gasteiger charge is 2.21. The Hall–Kier alpha value is -2.91. The predicted molar refractivity (Wildman–Crippen MR) is 115 cm³/mol. The zero-order valence-corrected chi connectivity index (χ0v) is 16.5. The molecule has 0 amide bonds. The van der Waals surface area contributed by atoms with Gasteiger partial charge in [0.2, 0.25) is 0 Å². The molecule has 1 N–H and O–H groups in total. The van der Waals surface area contributed by atoms with Crippen molar-refractivity contribution in [3.8, 4) is 0 Å². The van der Waals surface area contributed by atoms with Gasteiger partial charge in [-0.2, -0.15) is 0 Å². The molecular weight excluding hydrogens is 346 g/mol. The van der Waals surface area contributed by atoms with Crippen LogP contribution in [-0.4, -0.2) is 15.5 Å². The van der Waals surface area contributed by atoms with E-state index in [-0.39, 0.29) is 11.7 Å². The van der Waals surface area contributed by atoms with Crippen LogP contribution in [0.2, 0.25) is 0 Å². The first-order valence-corrected chi connectivity index (χ1v) is 9.85. The summed E-state index contributed by atoms with van der Waals surface area (Å²) in [5.41, 5.74) is 4.23. The summed E-state index contributed by atoms with van der Waals surface area (Å²) >= 11 is 0. The topological polar surface area (TPSA) is 42.2 Å². The number of nitrogens with zero attached hydrogens (tertiary/aromatic N) is 1. The van der Waals surface area contributed by atoms with E-state index in [0.717, 1.165) is 22.8 Å². The van der Waals surface area contributed by atoms with Crippen molar-refractivity contribution in [2.75, 3.05) is 0 Å². The summed E-state index contributed by atoms with van der Waals surface area (Å²) in [6.45, 7) is 6.92. The maximum absolute atomic E-state index is 13.3. The minimum absolute atomic E-state index is 0.0407. The summed E-state index contributed by atoms with van der Waals surface area (Å²) in [5, 5.41) is 12.8. The van der Waals surface area contributed by atoms with Gasteiger partial charge in [-0.15, -0.1) is 0 Å². The second-order valence-electron chi connectivity index (χ2n) is 7.60. The van der Waals surface area contributed by atoms with Gasteiger partial charge < -0.3 is 9.67 Å². The standard InChI is InChI=1S/C25H25NO2/c1-4-26-22-12-8-7-9-18(22)21-15-17(13-14-23(21)26)25(28)20-11-6-5-10-19(20)24(27)16(2)3/h5-16,24,27H,4H2,1-3H3. The Labute approximate surface area is 165 Å². The lowest BCUT2D eigenvalue weighted by molar-refractivity contribution is 0.101. The number of benzene rings is 3. The molecule has 0 fully saturated rings. The average molecular weight is 371 g/mol. The van der Waals surface area contributed by atoms with E-state index < -0.39 is 6.10 Å².